The molecule has 0 amide bonds. The van der Waals surface area contributed by atoms with E-state index < -0.39 is 0 Å². The van der Waals surface area contributed by atoms with Gasteiger partial charge in [-0.25, -0.2) is 4.98 Å². The molecule has 2 fully saturated rings. The van der Waals surface area contributed by atoms with Gasteiger partial charge in [-0.15, -0.1) is 11.3 Å². The summed E-state index contributed by atoms with van der Waals surface area (Å²) in [5.41, 5.74) is 5.20. The Morgan fingerprint density at radius 3 is 3.00 bits per heavy atom. The molecule has 5 nitrogen and oxygen atoms in total. The van der Waals surface area contributed by atoms with Gasteiger partial charge in [-0.1, -0.05) is 24.3 Å². The Morgan fingerprint density at radius 1 is 1.36 bits per heavy atom. The summed E-state index contributed by atoms with van der Waals surface area (Å²) in [7, 11) is 0. The number of piperidine rings is 1. The summed E-state index contributed by atoms with van der Waals surface area (Å²) in [5, 5.41) is 7.76. The van der Waals surface area contributed by atoms with E-state index >= 15 is 0 Å². The van der Waals surface area contributed by atoms with Gasteiger partial charge >= 0.3 is 0 Å². The Hall–Kier alpha value is -1.60. The van der Waals surface area contributed by atoms with Gasteiger partial charge in [0.1, 0.15) is 12.4 Å². The lowest BCUT2D eigenvalue weighted by Crippen LogP contribution is -2.42. The number of hydrogen-bond acceptors (Lipinski definition) is 6. The lowest BCUT2D eigenvalue weighted by molar-refractivity contribution is -0.197. The lowest BCUT2D eigenvalue weighted by atomic mass is 9.98. The van der Waals surface area contributed by atoms with Crippen molar-refractivity contribution in [1.29, 1.82) is 0 Å². The first-order valence-corrected chi connectivity index (χ1v) is 9.86. The van der Waals surface area contributed by atoms with Gasteiger partial charge < -0.3 is 10.1 Å². The molecule has 2 saturated heterocycles. The van der Waals surface area contributed by atoms with E-state index in [1.165, 1.54) is 0 Å². The first-order valence-electron chi connectivity index (χ1n) is 8.91. The highest BCUT2D eigenvalue weighted by molar-refractivity contribution is 7.07. The van der Waals surface area contributed by atoms with Gasteiger partial charge in [-0.05, 0) is 37.1 Å². The molecular formula is C19H23N3O2S. The second-order valence-corrected chi connectivity index (χ2v) is 7.43. The van der Waals surface area contributed by atoms with Crippen LogP contribution in [0, 0.1) is 0 Å². The molecule has 0 radical (unpaired) electrons. The number of nitrogens with zero attached hydrogens (tertiary/aromatic N) is 2. The molecule has 25 heavy (non-hydrogen) atoms. The molecule has 1 aromatic carbocycles. The maximum Gasteiger partial charge on any atom is 0.124 e. The molecule has 0 bridgehead atoms. The monoisotopic (exact) mass is 357 g/mol. The summed E-state index contributed by atoms with van der Waals surface area (Å²) in [5.74, 6) is 0. The summed E-state index contributed by atoms with van der Waals surface area (Å²) < 4.78 is 0. The highest BCUT2D eigenvalue weighted by Gasteiger charge is 2.40. The summed E-state index contributed by atoms with van der Waals surface area (Å²) in [4.78, 5) is 21.8. The van der Waals surface area contributed by atoms with E-state index in [4.69, 9.17) is 4.84 Å². The van der Waals surface area contributed by atoms with Crippen LogP contribution in [0.1, 0.15) is 48.2 Å². The minimum absolute atomic E-state index is 0.0215. The largest absolute Gasteiger partial charge is 0.317 e. The van der Waals surface area contributed by atoms with Crippen LogP contribution in [0.5, 0.6) is 0 Å². The molecule has 0 saturated carbocycles. The van der Waals surface area contributed by atoms with E-state index in [9.17, 15) is 4.79 Å². The third-order valence-electron chi connectivity index (χ3n) is 5.10. The van der Waals surface area contributed by atoms with E-state index in [2.05, 4.69) is 32.9 Å². The predicted octanol–water partition coefficient (Wildman–Crippen LogP) is 3.06. The minimum atomic E-state index is 0.0215. The standard InChI is InChI=1S/C19H23N3O2S/c23-9-6-14-2-1-3-15(10-14)19-11-18(17-12-25-13-21-17)22(24-19)16-4-7-20-8-5-16/h1-3,9-10,12-13,16,18-20H,4-8,11H2. The molecule has 1 aromatic heterocycles. The van der Waals surface area contributed by atoms with Gasteiger partial charge in [0, 0.05) is 24.3 Å². The van der Waals surface area contributed by atoms with Crippen LogP contribution in [0.4, 0.5) is 0 Å². The SMILES string of the molecule is O=CCc1cccc(C2CC(c3cscn3)N(C3CCNCC3)O2)c1. The third-order valence-corrected chi connectivity index (χ3v) is 5.70. The highest BCUT2D eigenvalue weighted by Crippen LogP contribution is 2.44. The van der Waals surface area contributed by atoms with Crippen LogP contribution in [-0.2, 0) is 16.1 Å². The van der Waals surface area contributed by atoms with Crippen LogP contribution >= 0.6 is 11.3 Å². The number of carbonyl (C=O) groups excluding carboxylic acids is 1. The van der Waals surface area contributed by atoms with E-state index in [0.717, 1.165) is 55.5 Å². The van der Waals surface area contributed by atoms with Gasteiger partial charge in [0.15, 0.2) is 0 Å². The molecule has 4 rings (SSSR count). The number of hydrogen-bond donors (Lipinski definition) is 1. The summed E-state index contributed by atoms with van der Waals surface area (Å²) in [6.45, 7) is 2.07. The van der Waals surface area contributed by atoms with Crippen molar-refractivity contribution >= 4 is 17.6 Å². The molecule has 0 aliphatic carbocycles. The molecule has 3 heterocycles. The zero-order valence-corrected chi connectivity index (χ0v) is 15.0. The number of hydroxylamine groups is 2. The van der Waals surface area contributed by atoms with E-state index in [1.54, 1.807) is 11.3 Å². The number of thiazole rings is 1. The summed E-state index contributed by atoms with van der Waals surface area (Å²) >= 11 is 1.64. The van der Waals surface area contributed by atoms with Gasteiger partial charge in [0.2, 0.25) is 0 Å². The van der Waals surface area contributed by atoms with Crippen LogP contribution < -0.4 is 5.32 Å². The average Bonchev–Trinajstić information content (AvgIpc) is 3.33. The van der Waals surface area contributed by atoms with Crippen molar-refractivity contribution in [3.05, 3.63) is 52.0 Å². The number of aromatic nitrogens is 1. The molecule has 132 valence electrons. The van der Waals surface area contributed by atoms with Crippen molar-refractivity contribution in [2.24, 2.45) is 0 Å². The summed E-state index contributed by atoms with van der Waals surface area (Å²) in [6, 6.07) is 8.84. The molecule has 2 aliphatic heterocycles. The van der Waals surface area contributed by atoms with Crippen LogP contribution in [0.15, 0.2) is 35.2 Å². The number of aldehydes is 1. The number of rotatable bonds is 5. The molecule has 0 spiro atoms. The van der Waals surface area contributed by atoms with Crippen LogP contribution in [0.3, 0.4) is 0 Å². The Morgan fingerprint density at radius 2 is 2.24 bits per heavy atom. The van der Waals surface area contributed by atoms with Gasteiger partial charge in [-0.2, -0.15) is 5.06 Å². The molecule has 2 aromatic rings. The van der Waals surface area contributed by atoms with Crippen LogP contribution in [0.25, 0.3) is 0 Å². The van der Waals surface area contributed by atoms with E-state index in [0.29, 0.717) is 12.5 Å². The smallest absolute Gasteiger partial charge is 0.124 e. The maximum absolute atomic E-state index is 10.8. The van der Waals surface area contributed by atoms with Crippen molar-refractivity contribution in [2.45, 2.75) is 43.9 Å². The summed E-state index contributed by atoms with van der Waals surface area (Å²) in [6.07, 6.45) is 4.52. The molecule has 2 atom stereocenters. The molecular weight excluding hydrogens is 334 g/mol. The van der Waals surface area contributed by atoms with Crippen molar-refractivity contribution in [3.8, 4) is 0 Å². The Balaban J connectivity index is 1.58. The van der Waals surface area contributed by atoms with Gasteiger partial charge in [0.05, 0.1) is 17.2 Å². The molecule has 2 aliphatic rings. The van der Waals surface area contributed by atoms with Crippen LogP contribution in [-0.4, -0.2) is 35.5 Å². The number of benzene rings is 1. The molecule has 1 N–H and O–H groups in total. The number of nitrogens with one attached hydrogen (secondary N) is 1. The second-order valence-electron chi connectivity index (χ2n) is 6.72. The Bertz CT molecular complexity index is 700. The van der Waals surface area contributed by atoms with Gasteiger partial charge in [0.25, 0.3) is 0 Å². The first-order chi connectivity index (χ1) is 12.3. The van der Waals surface area contributed by atoms with Crippen molar-refractivity contribution in [3.63, 3.8) is 0 Å². The van der Waals surface area contributed by atoms with Crippen LogP contribution in [0.2, 0.25) is 0 Å². The molecule has 6 heteroatoms. The van der Waals surface area contributed by atoms with E-state index in [-0.39, 0.29) is 12.1 Å². The fraction of sp³-hybridized carbons (Fsp3) is 0.474. The zero-order valence-electron chi connectivity index (χ0n) is 14.1. The van der Waals surface area contributed by atoms with Crippen molar-refractivity contribution in [1.82, 2.24) is 15.4 Å². The second kappa shape index (κ2) is 7.74. The predicted molar refractivity (Wildman–Crippen MR) is 97.2 cm³/mol. The zero-order chi connectivity index (χ0) is 17.1. The highest BCUT2D eigenvalue weighted by atomic mass is 32.1. The quantitative estimate of drug-likeness (QED) is 0.834. The Labute approximate surface area is 152 Å². The fourth-order valence-corrected chi connectivity index (χ4v) is 4.42. The maximum atomic E-state index is 10.8. The normalized spacial score (nSPS) is 25.3. The average molecular weight is 357 g/mol. The lowest BCUT2D eigenvalue weighted by Gasteiger charge is -2.33. The van der Waals surface area contributed by atoms with Crippen molar-refractivity contribution < 1.29 is 9.63 Å². The van der Waals surface area contributed by atoms with Crippen molar-refractivity contribution in [2.75, 3.05) is 13.1 Å². The minimum Gasteiger partial charge on any atom is -0.317 e. The molecule has 2 unspecified atom stereocenters. The first kappa shape index (κ1) is 16.8. The third kappa shape index (κ3) is 3.67. The Kier molecular flexibility index (Phi) is 5.22. The van der Waals surface area contributed by atoms with Gasteiger partial charge in [-0.3, -0.25) is 4.84 Å². The number of carbonyl (C=O) groups is 1. The fourth-order valence-electron chi connectivity index (χ4n) is 3.82. The topological polar surface area (TPSA) is 54.5 Å². The van der Waals surface area contributed by atoms with E-state index in [1.807, 2.05) is 17.6 Å².